The summed E-state index contributed by atoms with van der Waals surface area (Å²) in [5, 5.41) is 8.68. The van der Waals surface area contributed by atoms with Gasteiger partial charge < -0.3 is 15.4 Å². The van der Waals surface area contributed by atoms with Gasteiger partial charge in [0.05, 0.1) is 18.2 Å². The van der Waals surface area contributed by atoms with Crippen LogP contribution in [-0.2, 0) is 16.1 Å². The third kappa shape index (κ3) is 4.61. The Bertz CT molecular complexity index is 500. The van der Waals surface area contributed by atoms with Crippen LogP contribution in [-0.4, -0.2) is 37.1 Å². The van der Waals surface area contributed by atoms with Gasteiger partial charge in [0.1, 0.15) is 12.4 Å². The van der Waals surface area contributed by atoms with Crippen molar-refractivity contribution in [3.63, 3.8) is 0 Å². The number of nitrogens with two attached hydrogens (primary N) is 1. The molecule has 0 atom stereocenters. The fourth-order valence-corrected chi connectivity index (χ4v) is 1.66. The summed E-state index contributed by atoms with van der Waals surface area (Å²) in [6, 6.07) is 6.08. The van der Waals surface area contributed by atoms with Gasteiger partial charge in [-0.1, -0.05) is 6.07 Å². The number of carbonyl (C=O) groups excluding carboxylic acids is 1. The first-order chi connectivity index (χ1) is 9.62. The molecule has 2 N–H and O–H groups in total. The number of benzene rings is 1. The second-order valence-corrected chi connectivity index (χ2v) is 4.17. The molecule has 5 nitrogen and oxygen atoms in total. The number of nitrogens with zero attached hydrogens (tertiary/aromatic N) is 2. The van der Waals surface area contributed by atoms with E-state index in [-0.39, 0.29) is 24.6 Å². The maximum atomic E-state index is 13.8. The van der Waals surface area contributed by atoms with Crippen LogP contribution in [0.15, 0.2) is 18.2 Å². The molecule has 0 saturated carbocycles. The molecule has 0 aromatic heterocycles. The minimum atomic E-state index is -0.488. The lowest BCUT2D eigenvalue weighted by Crippen LogP contribution is -2.34. The Morgan fingerprint density at radius 1 is 1.55 bits per heavy atom. The van der Waals surface area contributed by atoms with Gasteiger partial charge in [-0.3, -0.25) is 4.79 Å². The summed E-state index contributed by atoms with van der Waals surface area (Å²) in [6.07, 6.45) is 0. The minimum absolute atomic E-state index is 0.0665. The second kappa shape index (κ2) is 8.25. The maximum absolute atomic E-state index is 13.8. The third-order valence-corrected chi connectivity index (χ3v) is 2.77. The van der Waals surface area contributed by atoms with Crippen LogP contribution in [0.2, 0.25) is 0 Å². The summed E-state index contributed by atoms with van der Waals surface area (Å²) < 4.78 is 18.8. The highest BCUT2D eigenvalue weighted by atomic mass is 19.1. The first-order valence-corrected chi connectivity index (χ1v) is 6.36. The van der Waals surface area contributed by atoms with Crippen molar-refractivity contribution in [2.75, 3.05) is 26.3 Å². The van der Waals surface area contributed by atoms with E-state index in [2.05, 4.69) is 0 Å². The molecule has 0 saturated heterocycles. The number of nitriles is 1. The molecule has 6 heteroatoms. The van der Waals surface area contributed by atoms with Crippen molar-refractivity contribution in [3.8, 4) is 6.07 Å². The molecule has 0 spiro atoms. The summed E-state index contributed by atoms with van der Waals surface area (Å²) in [5.41, 5.74) is 5.90. The molecule has 0 heterocycles. The lowest BCUT2D eigenvalue weighted by Gasteiger charge is -2.21. The summed E-state index contributed by atoms with van der Waals surface area (Å²) in [4.78, 5) is 13.4. The first kappa shape index (κ1) is 16.1. The normalized spacial score (nSPS) is 10.1. The van der Waals surface area contributed by atoms with E-state index < -0.39 is 5.82 Å². The molecule has 1 rings (SSSR count). The molecule has 108 valence electrons. The van der Waals surface area contributed by atoms with Crippen LogP contribution in [0.3, 0.4) is 0 Å². The molecule has 0 aliphatic rings. The number of ether oxygens (including phenoxy) is 1. The van der Waals surface area contributed by atoms with Crippen LogP contribution in [0, 0.1) is 17.1 Å². The number of likely N-dealkylation sites (N-methyl/N-ethyl adjacent to an activating group) is 1. The Balaban J connectivity index is 2.68. The number of rotatable bonds is 7. The lowest BCUT2D eigenvalue weighted by molar-refractivity contribution is -0.136. The van der Waals surface area contributed by atoms with E-state index in [0.29, 0.717) is 25.3 Å². The van der Waals surface area contributed by atoms with E-state index in [1.165, 1.54) is 23.1 Å². The number of hydrogen-bond acceptors (Lipinski definition) is 4. The number of hydrogen-bond donors (Lipinski definition) is 1. The average Bonchev–Trinajstić information content (AvgIpc) is 2.46. The summed E-state index contributed by atoms with van der Waals surface area (Å²) >= 11 is 0. The van der Waals surface area contributed by atoms with Crippen LogP contribution in [0.4, 0.5) is 4.39 Å². The Hall–Kier alpha value is -1.97. The predicted molar refractivity (Wildman–Crippen MR) is 72.1 cm³/mol. The Labute approximate surface area is 117 Å². The molecule has 0 bridgehead atoms. The summed E-state index contributed by atoms with van der Waals surface area (Å²) in [7, 11) is 0. The smallest absolute Gasteiger partial charge is 0.248 e. The molecule has 0 aliphatic carbocycles. The molecule has 20 heavy (non-hydrogen) atoms. The van der Waals surface area contributed by atoms with Crippen molar-refractivity contribution in [2.24, 2.45) is 5.73 Å². The number of halogens is 1. The van der Waals surface area contributed by atoms with Crippen LogP contribution in [0.5, 0.6) is 0 Å². The SMILES string of the molecule is CCN(Cc1ccc(C#N)cc1F)C(=O)COCCN. The van der Waals surface area contributed by atoms with Gasteiger partial charge in [0.25, 0.3) is 0 Å². The highest BCUT2D eigenvalue weighted by molar-refractivity contribution is 5.77. The van der Waals surface area contributed by atoms with Crippen molar-refractivity contribution in [3.05, 3.63) is 35.1 Å². The van der Waals surface area contributed by atoms with Crippen molar-refractivity contribution in [2.45, 2.75) is 13.5 Å². The van der Waals surface area contributed by atoms with E-state index in [0.717, 1.165) is 0 Å². The van der Waals surface area contributed by atoms with Crippen LogP contribution >= 0.6 is 0 Å². The van der Waals surface area contributed by atoms with Gasteiger partial charge in [-0.25, -0.2) is 4.39 Å². The standard InChI is InChI=1S/C14H18FN3O2/c1-2-18(14(19)10-20-6-5-16)9-12-4-3-11(8-17)7-13(12)15/h3-4,7H,2,5-6,9-10,16H2,1H3. The average molecular weight is 279 g/mol. The second-order valence-electron chi connectivity index (χ2n) is 4.17. The van der Waals surface area contributed by atoms with Gasteiger partial charge >= 0.3 is 0 Å². The molecular weight excluding hydrogens is 261 g/mol. The zero-order valence-corrected chi connectivity index (χ0v) is 11.4. The van der Waals surface area contributed by atoms with Crippen molar-refractivity contribution >= 4 is 5.91 Å². The Kier molecular flexibility index (Phi) is 6.64. The van der Waals surface area contributed by atoms with Gasteiger partial charge in [0.15, 0.2) is 0 Å². The molecular formula is C14H18FN3O2. The van der Waals surface area contributed by atoms with Crippen molar-refractivity contribution in [1.82, 2.24) is 4.90 Å². The first-order valence-electron chi connectivity index (χ1n) is 6.36. The van der Waals surface area contributed by atoms with E-state index >= 15 is 0 Å². The van der Waals surface area contributed by atoms with Gasteiger partial charge in [-0.15, -0.1) is 0 Å². The molecule has 0 radical (unpaired) electrons. The topological polar surface area (TPSA) is 79.3 Å². The Morgan fingerprint density at radius 3 is 2.85 bits per heavy atom. The largest absolute Gasteiger partial charge is 0.370 e. The fourth-order valence-electron chi connectivity index (χ4n) is 1.66. The summed E-state index contributed by atoms with van der Waals surface area (Å²) in [5.74, 6) is -0.706. The van der Waals surface area contributed by atoms with E-state index in [1.807, 2.05) is 13.0 Å². The third-order valence-electron chi connectivity index (χ3n) is 2.77. The van der Waals surface area contributed by atoms with E-state index in [4.69, 9.17) is 15.7 Å². The highest BCUT2D eigenvalue weighted by Crippen LogP contribution is 2.12. The Morgan fingerprint density at radius 2 is 2.30 bits per heavy atom. The molecule has 0 unspecified atom stereocenters. The van der Waals surface area contributed by atoms with Crippen molar-refractivity contribution in [1.29, 1.82) is 5.26 Å². The van der Waals surface area contributed by atoms with Crippen LogP contribution < -0.4 is 5.73 Å². The predicted octanol–water partition coefficient (Wildman–Crippen LogP) is 1.02. The maximum Gasteiger partial charge on any atom is 0.248 e. The quantitative estimate of drug-likeness (QED) is 0.756. The molecule has 1 aromatic carbocycles. The van der Waals surface area contributed by atoms with E-state index in [9.17, 15) is 9.18 Å². The zero-order chi connectivity index (χ0) is 15.0. The van der Waals surface area contributed by atoms with Crippen LogP contribution in [0.1, 0.15) is 18.1 Å². The van der Waals surface area contributed by atoms with Gasteiger partial charge in [-0.05, 0) is 19.1 Å². The van der Waals surface area contributed by atoms with Gasteiger partial charge in [0, 0.05) is 25.2 Å². The van der Waals surface area contributed by atoms with Gasteiger partial charge in [0.2, 0.25) is 5.91 Å². The number of amides is 1. The zero-order valence-electron chi connectivity index (χ0n) is 11.4. The van der Waals surface area contributed by atoms with E-state index in [1.54, 1.807) is 0 Å². The monoisotopic (exact) mass is 279 g/mol. The fraction of sp³-hybridized carbons (Fsp3) is 0.429. The van der Waals surface area contributed by atoms with Gasteiger partial charge in [-0.2, -0.15) is 5.26 Å². The summed E-state index contributed by atoms with van der Waals surface area (Å²) in [6.45, 7) is 3.01. The number of carbonyl (C=O) groups is 1. The highest BCUT2D eigenvalue weighted by Gasteiger charge is 2.14. The molecule has 0 fully saturated rings. The van der Waals surface area contributed by atoms with Crippen molar-refractivity contribution < 1.29 is 13.9 Å². The minimum Gasteiger partial charge on any atom is -0.370 e. The lowest BCUT2D eigenvalue weighted by atomic mass is 10.1. The molecule has 1 aromatic rings. The van der Waals surface area contributed by atoms with Crippen LogP contribution in [0.25, 0.3) is 0 Å². The molecule has 0 aliphatic heterocycles. The molecule has 1 amide bonds.